The van der Waals surface area contributed by atoms with Crippen LogP contribution in [0.2, 0.25) is 0 Å². The fourth-order valence-corrected chi connectivity index (χ4v) is 1.83. The smallest absolute Gasteiger partial charge is 0.344 e. The second-order valence-electron chi connectivity index (χ2n) is 5.83. The number of carbonyl (C=O) groups excluding carboxylic acids is 3. The maximum absolute atomic E-state index is 11.9. The SMILES string of the molecule is CCCOc1ccccc1OCC(=O)O[C@@H](C)C(=O)NC(=O)NC(C)C. The number of amides is 3. The topological polar surface area (TPSA) is 103 Å². The van der Waals surface area contributed by atoms with Crippen LogP contribution in [-0.4, -0.2) is 43.3 Å². The van der Waals surface area contributed by atoms with E-state index >= 15 is 0 Å². The van der Waals surface area contributed by atoms with Crippen LogP contribution in [-0.2, 0) is 14.3 Å². The molecule has 0 saturated heterocycles. The Hall–Kier alpha value is -2.77. The van der Waals surface area contributed by atoms with Crippen molar-refractivity contribution < 1.29 is 28.6 Å². The van der Waals surface area contributed by atoms with Gasteiger partial charge in [0.15, 0.2) is 24.2 Å². The zero-order chi connectivity index (χ0) is 19.5. The van der Waals surface area contributed by atoms with Gasteiger partial charge in [0.1, 0.15) is 0 Å². The second-order valence-corrected chi connectivity index (χ2v) is 5.83. The van der Waals surface area contributed by atoms with Gasteiger partial charge in [-0.05, 0) is 39.3 Å². The number of para-hydroxylation sites is 2. The van der Waals surface area contributed by atoms with Crippen LogP contribution in [0.15, 0.2) is 24.3 Å². The van der Waals surface area contributed by atoms with E-state index in [1.165, 1.54) is 6.92 Å². The lowest BCUT2D eigenvalue weighted by Gasteiger charge is -2.15. The van der Waals surface area contributed by atoms with E-state index in [4.69, 9.17) is 14.2 Å². The minimum Gasteiger partial charge on any atom is -0.490 e. The fourth-order valence-electron chi connectivity index (χ4n) is 1.83. The lowest BCUT2D eigenvalue weighted by Crippen LogP contribution is -2.46. The van der Waals surface area contributed by atoms with Crippen LogP contribution in [0.4, 0.5) is 4.79 Å². The largest absolute Gasteiger partial charge is 0.490 e. The Labute approximate surface area is 153 Å². The average Bonchev–Trinajstić information content (AvgIpc) is 2.57. The van der Waals surface area contributed by atoms with E-state index in [0.29, 0.717) is 18.1 Å². The highest BCUT2D eigenvalue weighted by Crippen LogP contribution is 2.26. The molecule has 0 heterocycles. The summed E-state index contributed by atoms with van der Waals surface area (Å²) in [5.41, 5.74) is 0. The van der Waals surface area contributed by atoms with Gasteiger partial charge >= 0.3 is 12.0 Å². The van der Waals surface area contributed by atoms with Gasteiger partial charge in [-0.25, -0.2) is 9.59 Å². The van der Waals surface area contributed by atoms with Crippen molar-refractivity contribution in [2.45, 2.75) is 46.3 Å². The Morgan fingerprint density at radius 2 is 1.65 bits per heavy atom. The van der Waals surface area contributed by atoms with Gasteiger partial charge in [-0.15, -0.1) is 0 Å². The summed E-state index contributed by atoms with van der Waals surface area (Å²) >= 11 is 0. The van der Waals surface area contributed by atoms with Gasteiger partial charge in [0.2, 0.25) is 0 Å². The van der Waals surface area contributed by atoms with Crippen LogP contribution in [0.25, 0.3) is 0 Å². The van der Waals surface area contributed by atoms with Crippen molar-refractivity contribution >= 4 is 17.9 Å². The molecule has 0 fully saturated rings. The third-order valence-corrected chi connectivity index (χ3v) is 2.99. The molecule has 0 radical (unpaired) electrons. The molecule has 8 heteroatoms. The molecule has 0 aliphatic heterocycles. The molecule has 0 bridgehead atoms. The standard InChI is InChI=1S/C18H26N2O6/c1-5-10-24-14-8-6-7-9-15(14)25-11-16(21)26-13(4)17(22)20-18(23)19-12(2)3/h6-9,12-13H,5,10-11H2,1-4H3,(H2,19,20,22,23)/t13-/m0/s1. The molecule has 0 aliphatic carbocycles. The number of hydrogen-bond donors (Lipinski definition) is 2. The molecule has 8 nitrogen and oxygen atoms in total. The van der Waals surface area contributed by atoms with Gasteiger partial charge in [0.05, 0.1) is 6.61 Å². The molecule has 0 spiro atoms. The monoisotopic (exact) mass is 366 g/mol. The zero-order valence-corrected chi connectivity index (χ0v) is 15.5. The van der Waals surface area contributed by atoms with Gasteiger partial charge in [-0.3, -0.25) is 10.1 Å². The fraction of sp³-hybridized carbons (Fsp3) is 0.500. The summed E-state index contributed by atoms with van der Waals surface area (Å²) in [5.74, 6) is -0.519. The Morgan fingerprint density at radius 3 is 2.23 bits per heavy atom. The molecule has 1 aromatic rings. The number of esters is 1. The first-order valence-electron chi connectivity index (χ1n) is 8.49. The summed E-state index contributed by atoms with van der Waals surface area (Å²) in [6.45, 7) is 7.01. The Bertz CT molecular complexity index is 617. The van der Waals surface area contributed by atoms with Crippen molar-refractivity contribution in [1.82, 2.24) is 10.6 Å². The van der Waals surface area contributed by atoms with E-state index in [9.17, 15) is 14.4 Å². The molecule has 0 aromatic heterocycles. The molecule has 1 atom stereocenters. The van der Waals surface area contributed by atoms with Gasteiger partial charge < -0.3 is 19.5 Å². The minimum absolute atomic E-state index is 0.121. The molecule has 3 amide bonds. The summed E-state index contributed by atoms with van der Waals surface area (Å²) in [6, 6.07) is 6.19. The van der Waals surface area contributed by atoms with E-state index in [-0.39, 0.29) is 12.6 Å². The van der Waals surface area contributed by atoms with Gasteiger partial charge in [0.25, 0.3) is 5.91 Å². The number of nitrogens with one attached hydrogen (secondary N) is 2. The summed E-state index contributed by atoms with van der Waals surface area (Å²) in [4.78, 5) is 35.1. The summed E-state index contributed by atoms with van der Waals surface area (Å²) in [7, 11) is 0. The molecule has 144 valence electrons. The minimum atomic E-state index is -1.13. The molecule has 1 rings (SSSR count). The first kappa shape index (κ1) is 21.3. The second kappa shape index (κ2) is 11.0. The van der Waals surface area contributed by atoms with Gasteiger partial charge in [-0.2, -0.15) is 0 Å². The maximum atomic E-state index is 11.9. The number of rotatable bonds is 9. The maximum Gasteiger partial charge on any atom is 0.344 e. The Kier molecular flexibility index (Phi) is 8.97. The Morgan fingerprint density at radius 1 is 1.04 bits per heavy atom. The molecule has 1 aromatic carbocycles. The van der Waals surface area contributed by atoms with Gasteiger partial charge in [0, 0.05) is 6.04 Å². The first-order valence-corrected chi connectivity index (χ1v) is 8.49. The molecule has 26 heavy (non-hydrogen) atoms. The zero-order valence-electron chi connectivity index (χ0n) is 15.5. The summed E-state index contributed by atoms with van der Waals surface area (Å²) in [6.07, 6.45) is -0.288. The lowest BCUT2D eigenvalue weighted by molar-refractivity contribution is -0.156. The number of ether oxygens (including phenoxy) is 3. The molecule has 2 N–H and O–H groups in total. The molecular weight excluding hydrogens is 340 g/mol. The molecule has 0 unspecified atom stereocenters. The number of benzene rings is 1. The quantitative estimate of drug-likeness (QED) is 0.648. The van der Waals surface area contributed by atoms with Crippen LogP contribution in [0.5, 0.6) is 11.5 Å². The van der Waals surface area contributed by atoms with Crippen molar-refractivity contribution in [3.63, 3.8) is 0 Å². The van der Waals surface area contributed by atoms with Crippen LogP contribution in [0.3, 0.4) is 0 Å². The number of imide groups is 1. The molecule has 0 aliphatic rings. The van der Waals surface area contributed by atoms with E-state index in [0.717, 1.165) is 6.42 Å². The van der Waals surface area contributed by atoms with Crippen molar-refractivity contribution in [3.8, 4) is 11.5 Å². The third kappa shape index (κ3) is 7.87. The van der Waals surface area contributed by atoms with Crippen molar-refractivity contribution in [2.24, 2.45) is 0 Å². The highest BCUT2D eigenvalue weighted by molar-refractivity contribution is 5.97. The van der Waals surface area contributed by atoms with E-state index < -0.39 is 24.0 Å². The predicted octanol–water partition coefficient (Wildman–Crippen LogP) is 2.02. The number of urea groups is 1. The van der Waals surface area contributed by atoms with Crippen LogP contribution in [0.1, 0.15) is 34.1 Å². The molecule has 0 saturated carbocycles. The third-order valence-electron chi connectivity index (χ3n) is 2.99. The van der Waals surface area contributed by atoms with Crippen LogP contribution in [0, 0.1) is 0 Å². The lowest BCUT2D eigenvalue weighted by atomic mass is 10.3. The van der Waals surface area contributed by atoms with Crippen LogP contribution >= 0.6 is 0 Å². The van der Waals surface area contributed by atoms with E-state index in [1.807, 2.05) is 6.92 Å². The van der Waals surface area contributed by atoms with Crippen LogP contribution < -0.4 is 20.1 Å². The first-order chi connectivity index (χ1) is 12.3. The normalized spacial score (nSPS) is 11.4. The van der Waals surface area contributed by atoms with Crippen molar-refractivity contribution in [2.75, 3.05) is 13.2 Å². The van der Waals surface area contributed by atoms with Crippen molar-refractivity contribution in [1.29, 1.82) is 0 Å². The predicted molar refractivity (Wildman–Crippen MR) is 95.1 cm³/mol. The van der Waals surface area contributed by atoms with Gasteiger partial charge in [-0.1, -0.05) is 19.1 Å². The highest BCUT2D eigenvalue weighted by atomic mass is 16.6. The summed E-state index contributed by atoms with van der Waals surface area (Å²) < 4.78 is 15.9. The molecular formula is C18H26N2O6. The highest BCUT2D eigenvalue weighted by Gasteiger charge is 2.20. The average molecular weight is 366 g/mol. The number of hydrogen-bond acceptors (Lipinski definition) is 6. The Balaban J connectivity index is 2.46. The van der Waals surface area contributed by atoms with Crippen molar-refractivity contribution in [3.05, 3.63) is 24.3 Å². The van der Waals surface area contributed by atoms with E-state index in [2.05, 4.69) is 10.6 Å². The van der Waals surface area contributed by atoms with E-state index in [1.54, 1.807) is 38.1 Å². The summed E-state index contributed by atoms with van der Waals surface area (Å²) in [5, 5.41) is 4.60. The number of carbonyl (C=O) groups is 3.